The van der Waals surface area contributed by atoms with E-state index in [0.29, 0.717) is 19.6 Å². The summed E-state index contributed by atoms with van der Waals surface area (Å²) in [4.78, 5) is 11.8. The number of carbonyl (C=O) groups is 1. The smallest absolute Gasteiger partial charge is 0.220 e. The number of nitrogens with one attached hydrogen (secondary N) is 1. The molecule has 1 aliphatic heterocycles. The molecule has 0 saturated heterocycles. The first kappa shape index (κ1) is 12.9. The van der Waals surface area contributed by atoms with Crippen molar-refractivity contribution in [1.82, 2.24) is 5.32 Å². The lowest BCUT2D eigenvalue weighted by Gasteiger charge is -2.11. The van der Waals surface area contributed by atoms with Crippen molar-refractivity contribution in [2.24, 2.45) is 5.73 Å². The molecule has 1 heterocycles. The highest BCUT2D eigenvalue weighted by Crippen LogP contribution is 2.31. The molecule has 1 amide bonds. The molecular formula is C14H20N2O2. The minimum atomic E-state index is 0.00297. The van der Waals surface area contributed by atoms with Gasteiger partial charge in [-0.25, -0.2) is 0 Å². The molecule has 1 unspecified atom stereocenters. The van der Waals surface area contributed by atoms with Crippen LogP contribution in [0.4, 0.5) is 0 Å². The molecule has 1 aromatic carbocycles. The Labute approximate surface area is 108 Å². The SMILES string of the molecule is NCCCCCC(=O)NC1COc2ccccc21. The Morgan fingerprint density at radius 2 is 2.17 bits per heavy atom. The summed E-state index contributed by atoms with van der Waals surface area (Å²) in [5.74, 6) is 0.975. The monoisotopic (exact) mass is 248 g/mol. The van der Waals surface area contributed by atoms with Crippen molar-refractivity contribution in [2.45, 2.75) is 31.7 Å². The van der Waals surface area contributed by atoms with E-state index in [1.54, 1.807) is 0 Å². The van der Waals surface area contributed by atoms with Crippen molar-refractivity contribution in [2.75, 3.05) is 13.2 Å². The number of rotatable bonds is 6. The molecule has 0 fully saturated rings. The lowest BCUT2D eigenvalue weighted by Crippen LogP contribution is -2.29. The Bertz CT molecular complexity index is 407. The van der Waals surface area contributed by atoms with E-state index in [4.69, 9.17) is 10.5 Å². The van der Waals surface area contributed by atoms with Gasteiger partial charge in [-0.05, 0) is 25.5 Å². The average molecular weight is 248 g/mol. The maximum atomic E-state index is 11.8. The third-order valence-corrected chi connectivity index (χ3v) is 3.14. The molecule has 0 radical (unpaired) electrons. The fourth-order valence-electron chi connectivity index (χ4n) is 2.16. The summed E-state index contributed by atoms with van der Waals surface area (Å²) in [7, 11) is 0. The summed E-state index contributed by atoms with van der Waals surface area (Å²) in [5, 5.41) is 3.02. The Morgan fingerprint density at radius 1 is 1.33 bits per heavy atom. The van der Waals surface area contributed by atoms with Gasteiger partial charge in [0.1, 0.15) is 12.4 Å². The summed E-state index contributed by atoms with van der Waals surface area (Å²) in [6.45, 7) is 1.24. The zero-order chi connectivity index (χ0) is 12.8. The van der Waals surface area contributed by atoms with E-state index >= 15 is 0 Å². The molecule has 1 aromatic rings. The molecule has 1 aliphatic rings. The average Bonchev–Trinajstić information content (AvgIpc) is 2.78. The van der Waals surface area contributed by atoms with E-state index in [2.05, 4.69) is 5.32 Å². The van der Waals surface area contributed by atoms with Crippen LogP contribution in [0.3, 0.4) is 0 Å². The van der Waals surface area contributed by atoms with Gasteiger partial charge in [0, 0.05) is 12.0 Å². The van der Waals surface area contributed by atoms with Crippen LogP contribution in [-0.2, 0) is 4.79 Å². The number of hydrogen-bond donors (Lipinski definition) is 2. The van der Waals surface area contributed by atoms with Gasteiger partial charge in [-0.1, -0.05) is 24.6 Å². The summed E-state index contributed by atoms with van der Waals surface area (Å²) in [5.41, 5.74) is 6.49. The minimum Gasteiger partial charge on any atom is -0.491 e. The van der Waals surface area contributed by atoms with E-state index in [9.17, 15) is 4.79 Å². The Balaban J connectivity index is 1.79. The maximum Gasteiger partial charge on any atom is 0.220 e. The van der Waals surface area contributed by atoms with E-state index in [1.807, 2.05) is 24.3 Å². The van der Waals surface area contributed by atoms with Crippen LogP contribution in [0.1, 0.15) is 37.3 Å². The first-order valence-corrected chi connectivity index (χ1v) is 6.52. The minimum absolute atomic E-state index is 0.00297. The van der Waals surface area contributed by atoms with Crippen LogP contribution in [0.15, 0.2) is 24.3 Å². The number of fused-ring (bicyclic) bond motifs is 1. The molecule has 1 atom stereocenters. The number of benzene rings is 1. The summed E-state index contributed by atoms with van der Waals surface area (Å²) >= 11 is 0. The normalized spacial score (nSPS) is 17.1. The second kappa shape index (κ2) is 6.40. The van der Waals surface area contributed by atoms with E-state index in [-0.39, 0.29) is 11.9 Å². The lowest BCUT2D eigenvalue weighted by molar-refractivity contribution is -0.122. The molecule has 0 spiro atoms. The molecule has 0 aromatic heterocycles. The Kier molecular flexibility index (Phi) is 4.59. The van der Waals surface area contributed by atoms with Crippen LogP contribution in [0.2, 0.25) is 0 Å². The highest BCUT2D eigenvalue weighted by atomic mass is 16.5. The molecule has 0 saturated carbocycles. The van der Waals surface area contributed by atoms with Gasteiger partial charge in [0.05, 0.1) is 6.04 Å². The summed E-state index contributed by atoms with van der Waals surface area (Å²) in [6, 6.07) is 7.84. The Hall–Kier alpha value is -1.55. The second-order valence-electron chi connectivity index (χ2n) is 4.57. The number of ether oxygens (including phenoxy) is 1. The van der Waals surface area contributed by atoms with Crippen LogP contribution in [0.25, 0.3) is 0 Å². The van der Waals surface area contributed by atoms with Gasteiger partial charge in [-0.3, -0.25) is 4.79 Å². The highest BCUT2D eigenvalue weighted by molar-refractivity contribution is 5.76. The molecule has 0 bridgehead atoms. The molecule has 4 nitrogen and oxygen atoms in total. The standard InChI is InChI=1S/C14H20N2O2/c15-9-5-1-2-8-14(17)16-12-10-18-13-7-4-3-6-11(12)13/h3-4,6-7,12H,1-2,5,8-10,15H2,(H,16,17). The van der Waals surface area contributed by atoms with Gasteiger partial charge in [0.15, 0.2) is 0 Å². The third kappa shape index (κ3) is 3.23. The Morgan fingerprint density at radius 3 is 3.00 bits per heavy atom. The van der Waals surface area contributed by atoms with E-state index < -0.39 is 0 Å². The van der Waals surface area contributed by atoms with Gasteiger partial charge in [0.2, 0.25) is 5.91 Å². The maximum absolute atomic E-state index is 11.8. The zero-order valence-electron chi connectivity index (χ0n) is 10.5. The largest absolute Gasteiger partial charge is 0.491 e. The van der Waals surface area contributed by atoms with Crippen LogP contribution >= 0.6 is 0 Å². The van der Waals surface area contributed by atoms with Crippen molar-refractivity contribution in [1.29, 1.82) is 0 Å². The summed E-state index contributed by atoms with van der Waals surface area (Å²) in [6.07, 6.45) is 3.47. The van der Waals surface area contributed by atoms with Crippen LogP contribution in [-0.4, -0.2) is 19.1 Å². The molecule has 2 rings (SSSR count). The predicted molar refractivity (Wildman–Crippen MR) is 70.3 cm³/mol. The molecule has 0 aliphatic carbocycles. The number of carbonyl (C=O) groups excluding carboxylic acids is 1. The van der Waals surface area contributed by atoms with Crippen molar-refractivity contribution in [3.8, 4) is 5.75 Å². The first-order valence-electron chi connectivity index (χ1n) is 6.52. The van der Waals surface area contributed by atoms with Crippen molar-refractivity contribution < 1.29 is 9.53 Å². The van der Waals surface area contributed by atoms with Crippen LogP contribution < -0.4 is 15.8 Å². The summed E-state index contributed by atoms with van der Waals surface area (Å²) < 4.78 is 5.52. The van der Waals surface area contributed by atoms with Gasteiger partial charge in [-0.2, -0.15) is 0 Å². The van der Waals surface area contributed by atoms with Gasteiger partial charge < -0.3 is 15.8 Å². The molecular weight excluding hydrogens is 228 g/mol. The van der Waals surface area contributed by atoms with E-state index in [0.717, 1.165) is 30.6 Å². The number of unbranched alkanes of at least 4 members (excludes halogenated alkanes) is 2. The quantitative estimate of drug-likeness (QED) is 0.754. The van der Waals surface area contributed by atoms with Gasteiger partial charge in [0.25, 0.3) is 0 Å². The second-order valence-corrected chi connectivity index (χ2v) is 4.57. The van der Waals surface area contributed by atoms with Gasteiger partial charge in [-0.15, -0.1) is 0 Å². The van der Waals surface area contributed by atoms with Crippen molar-refractivity contribution in [3.05, 3.63) is 29.8 Å². The molecule has 98 valence electrons. The van der Waals surface area contributed by atoms with Crippen LogP contribution in [0.5, 0.6) is 5.75 Å². The first-order chi connectivity index (χ1) is 8.81. The third-order valence-electron chi connectivity index (χ3n) is 3.14. The fraction of sp³-hybridized carbons (Fsp3) is 0.500. The molecule has 3 N–H and O–H groups in total. The van der Waals surface area contributed by atoms with Gasteiger partial charge >= 0.3 is 0 Å². The zero-order valence-corrected chi connectivity index (χ0v) is 10.5. The molecule has 4 heteroatoms. The fourth-order valence-corrected chi connectivity index (χ4v) is 2.16. The topological polar surface area (TPSA) is 64.4 Å². The number of hydrogen-bond acceptors (Lipinski definition) is 3. The number of nitrogens with two attached hydrogens (primary N) is 1. The number of amides is 1. The van der Waals surface area contributed by atoms with E-state index in [1.165, 1.54) is 0 Å². The predicted octanol–water partition coefficient (Wildman–Crippen LogP) is 1.76. The molecule has 18 heavy (non-hydrogen) atoms. The highest BCUT2D eigenvalue weighted by Gasteiger charge is 2.24. The lowest BCUT2D eigenvalue weighted by atomic mass is 10.1. The number of para-hydroxylation sites is 1. The van der Waals surface area contributed by atoms with Crippen LogP contribution in [0, 0.1) is 0 Å². The van der Waals surface area contributed by atoms with Crippen molar-refractivity contribution in [3.63, 3.8) is 0 Å². The van der Waals surface area contributed by atoms with Crippen molar-refractivity contribution >= 4 is 5.91 Å².